The van der Waals surface area contributed by atoms with E-state index >= 15 is 0 Å². The number of aryl methyl sites for hydroxylation is 1. The van der Waals surface area contributed by atoms with Gasteiger partial charge in [-0.15, -0.1) is 0 Å². The zero-order valence-electron chi connectivity index (χ0n) is 11.7. The molecule has 3 heteroatoms. The minimum Gasteiger partial charge on any atom is -0.391 e. The van der Waals surface area contributed by atoms with Crippen LogP contribution in [0.5, 0.6) is 0 Å². The lowest BCUT2D eigenvalue weighted by molar-refractivity contribution is 0.154. The van der Waals surface area contributed by atoms with Crippen molar-refractivity contribution in [3.63, 3.8) is 0 Å². The molecule has 3 rings (SSSR count). The molecule has 1 atom stereocenters. The van der Waals surface area contributed by atoms with Crippen molar-refractivity contribution >= 4 is 5.69 Å². The minimum absolute atomic E-state index is 0.162. The van der Waals surface area contributed by atoms with Gasteiger partial charge >= 0.3 is 0 Å². The number of benzene rings is 1. The number of rotatable bonds is 4. The van der Waals surface area contributed by atoms with Crippen LogP contribution in [-0.4, -0.2) is 30.3 Å². The van der Waals surface area contributed by atoms with Crippen LogP contribution in [-0.2, 0) is 6.54 Å². The number of anilines is 1. The molecule has 19 heavy (non-hydrogen) atoms. The van der Waals surface area contributed by atoms with E-state index in [0.29, 0.717) is 0 Å². The molecule has 1 saturated carbocycles. The van der Waals surface area contributed by atoms with Crippen LogP contribution in [0.15, 0.2) is 18.2 Å². The highest BCUT2D eigenvalue weighted by Gasteiger charge is 2.21. The molecule has 2 fully saturated rings. The van der Waals surface area contributed by atoms with Crippen LogP contribution in [0.1, 0.15) is 36.8 Å². The Labute approximate surface area is 115 Å². The summed E-state index contributed by atoms with van der Waals surface area (Å²) in [4.78, 5) is 2.30. The van der Waals surface area contributed by atoms with Gasteiger partial charge in [0.05, 0.1) is 6.10 Å². The highest BCUT2D eigenvalue weighted by Crippen LogP contribution is 2.24. The molecular weight excluding hydrogens is 236 g/mol. The van der Waals surface area contributed by atoms with Gasteiger partial charge < -0.3 is 15.3 Å². The second kappa shape index (κ2) is 5.51. The summed E-state index contributed by atoms with van der Waals surface area (Å²) in [6.07, 6.45) is 4.54. The highest BCUT2D eigenvalue weighted by atomic mass is 16.3. The van der Waals surface area contributed by atoms with Crippen molar-refractivity contribution in [3.05, 3.63) is 29.3 Å². The monoisotopic (exact) mass is 260 g/mol. The lowest BCUT2D eigenvalue weighted by Gasteiger charge is -2.32. The van der Waals surface area contributed by atoms with E-state index in [4.69, 9.17) is 0 Å². The molecule has 0 aromatic heterocycles. The first-order chi connectivity index (χ1) is 9.22. The molecule has 1 aliphatic heterocycles. The summed E-state index contributed by atoms with van der Waals surface area (Å²) in [6, 6.07) is 7.47. The Hall–Kier alpha value is -1.06. The number of aliphatic hydroxyl groups is 1. The third-order valence-corrected chi connectivity index (χ3v) is 4.25. The Bertz CT molecular complexity index is 442. The standard InChI is InChI=1S/C16H24N2O/c1-12-9-15(18-8-2-3-16(19)11-18)7-4-13(12)10-17-14-5-6-14/h4,7,9,14,16-17,19H,2-3,5-6,8,10-11H2,1H3. The average Bonchev–Trinajstić information content (AvgIpc) is 3.21. The van der Waals surface area contributed by atoms with Crippen molar-refractivity contribution in [2.75, 3.05) is 18.0 Å². The Kier molecular flexibility index (Phi) is 3.76. The fourth-order valence-corrected chi connectivity index (χ4v) is 2.81. The van der Waals surface area contributed by atoms with Gasteiger partial charge in [-0.25, -0.2) is 0 Å². The van der Waals surface area contributed by atoms with Gasteiger partial charge in [-0.05, 0) is 55.9 Å². The topological polar surface area (TPSA) is 35.5 Å². The molecule has 0 radical (unpaired) electrons. The van der Waals surface area contributed by atoms with Crippen LogP contribution >= 0.6 is 0 Å². The van der Waals surface area contributed by atoms with E-state index in [1.807, 2.05) is 0 Å². The van der Waals surface area contributed by atoms with Gasteiger partial charge in [0.1, 0.15) is 0 Å². The number of nitrogens with one attached hydrogen (secondary N) is 1. The summed E-state index contributed by atoms with van der Waals surface area (Å²) >= 11 is 0. The van der Waals surface area contributed by atoms with Crippen molar-refractivity contribution in [1.82, 2.24) is 5.32 Å². The van der Waals surface area contributed by atoms with Crippen molar-refractivity contribution in [2.24, 2.45) is 0 Å². The van der Waals surface area contributed by atoms with Crippen LogP contribution in [0.25, 0.3) is 0 Å². The predicted molar refractivity (Wildman–Crippen MR) is 78.5 cm³/mol. The Morgan fingerprint density at radius 3 is 2.84 bits per heavy atom. The number of nitrogens with zero attached hydrogens (tertiary/aromatic N) is 1. The summed E-state index contributed by atoms with van der Waals surface area (Å²) < 4.78 is 0. The van der Waals surface area contributed by atoms with E-state index in [-0.39, 0.29) is 6.10 Å². The summed E-state index contributed by atoms with van der Waals surface area (Å²) in [5, 5.41) is 13.3. The van der Waals surface area contributed by atoms with E-state index in [1.165, 1.54) is 29.7 Å². The first-order valence-electron chi connectivity index (χ1n) is 7.48. The summed E-state index contributed by atoms with van der Waals surface area (Å²) in [5.41, 5.74) is 4.00. The van der Waals surface area contributed by atoms with Crippen molar-refractivity contribution in [1.29, 1.82) is 0 Å². The van der Waals surface area contributed by atoms with Gasteiger partial charge in [0.2, 0.25) is 0 Å². The summed E-state index contributed by atoms with van der Waals surface area (Å²) in [7, 11) is 0. The first-order valence-corrected chi connectivity index (χ1v) is 7.48. The quantitative estimate of drug-likeness (QED) is 0.871. The smallest absolute Gasteiger partial charge is 0.0715 e. The fourth-order valence-electron chi connectivity index (χ4n) is 2.81. The van der Waals surface area contributed by atoms with E-state index < -0.39 is 0 Å². The number of hydrogen-bond acceptors (Lipinski definition) is 3. The van der Waals surface area contributed by atoms with Crippen LogP contribution in [0.2, 0.25) is 0 Å². The van der Waals surface area contributed by atoms with Gasteiger partial charge in [-0.3, -0.25) is 0 Å². The molecule has 0 bridgehead atoms. The van der Waals surface area contributed by atoms with Crippen molar-refractivity contribution < 1.29 is 5.11 Å². The van der Waals surface area contributed by atoms with E-state index in [1.54, 1.807) is 0 Å². The fraction of sp³-hybridized carbons (Fsp3) is 0.625. The van der Waals surface area contributed by atoms with Gasteiger partial charge in [-0.1, -0.05) is 6.07 Å². The number of aliphatic hydroxyl groups excluding tert-OH is 1. The number of piperidine rings is 1. The second-order valence-electron chi connectivity index (χ2n) is 6.01. The molecule has 1 aromatic carbocycles. The maximum absolute atomic E-state index is 9.77. The zero-order valence-corrected chi connectivity index (χ0v) is 11.7. The van der Waals surface area contributed by atoms with Crippen LogP contribution in [0.3, 0.4) is 0 Å². The van der Waals surface area contributed by atoms with E-state index in [0.717, 1.165) is 38.5 Å². The summed E-state index contributed by atoms with van der Waals surface area (Å²) in [5.74, 6) is 0. The second-order valence-corrected chi connectivity index (χ2v) is 6.01. The van der Waals surface area contributed by atoms with Crippen LogP contribution in [0.4, 0.5) is 5.69 Å². The maximum Gasteiger partial charge on any atom is 0.0715 e. The lowest BCUT2D eigenvalue weighted by atomic mass is 10.0. The van der Waals surface area contributed by atoms with E-state index in [9.17, 15) is 5.11 Å². The predicted octanol–water partition coefficient (Wildman–Crippen LogP) is 2.21. The molecule has 2 aliphatic rings. The number of β-amino-alcohol motifs (C(OH)–C–C–N with tert-alkyl or cyclic N) is 1. The number of hydrogen-bond donors (Lipinski definition) is 2. The van der Waals surface area contributed by atoms with Gasteiger partial charge in [0, 0.05) is 31.4 Å². The van der Waals surface area contributed by atoms with Crippen LogP contribution < -0.4 is 10.2 Å². The Morgan fingerprint density at radius 2 is 2.16 bits per heavy atom. The van der Waals surface area contributed by atoms with Gasteiger partial charge in [-0.2, -0.15) is 0 Å². The Morgan fingerprint density at radius 1 is 1.32 bits per heavy atom. The molecule has 2 N–H and O–H groups in total. The molecule has 0 spiro atoms. The molecule has 0 amide bonds. The average molecular weight is 260 g/mol. The first kappa shape index (κ1) is 12.9. The summed E-state index contributed by atoms with van der Waals surface area (Å²) in [6.45, 7) is 5.02. The molecule has 1 aromatic rings. The molecule has 1 aliphatic carbocycles. The van der Waals surface area contributed by atoms with E-state index in [2.05, 4.69) is 35.3 Å². The Balaban J connectivity index is 1.67. The highest BCUT2D eigenvalue weighted by molar-refractivity contribution is 5.51. The zero-order chi connectivity index (χ0) is 13.2. The molecule has 104 valence electrons. The molecule has 1 saturated heterocycles. The third-order valence-electron chi connectivity index (χ3n) is 4.25. The normalized spacial score (nSPS) is 23.7. The van der Waals surface area contributed by atoms with Crippen LogP contribution in [0, 0.1) is 6.92 Å². The maximum atomic E-state index is 9.77. The van der Waals surface area contributed by atoms with Crippen molar-refractivity contribution in [3.8, 4) is 0 Å². The van der Waals surface area contributed by atoms with Gasteiger partial charge in [0.25, 0.3) is 0 Å². The molecular formula is C16H24N2O. The SMILES string of the molecule is Cc1cc(N2CCCC(O)C2)ccc1CNC1CC1. The molecule has 1 heterocycles. The third kappa shape index (κ3) is 3.28. The lowest BCUT2D eigenvalue weighted by Crippen LogP contribution is -2.38. The molecule has 3 nitrogen and oxygen atoms in total. The largest absolute Gasteiger partial charge is 0.391 e. The van der Waals surface area contributed by atoms with Crippen molar-refractivity contribution in [2.45, 2.75) is 51.3 Å². The van der Waals surface area contributed by atoms with Gasteiger partial charge in [0.15, 0.2) is 0 Å². The minimum atomic E-state index is -0.162. The molecule has 1 unspecified atom stereocenters.